The van der Waals surface area contributed by atoms with Crippen LogP contribution in [0.3, 0.4) is 0 Å². The van der Waals surface area contributed by atoms with E-state index in [1.165, 1.54) is 0 Å². The van der Waals surface area contributed by atoms with Gasteiger partial charge in [-0.3, -0.25) is 4.79 Å². The van der Waals surface area contributed by atoms with Crippen LogP contribution >= 0.6 is 0 Å². The SMILES string of the molecule is Cc1cccc(C(=O)c2nc(N)nc(N)n2)c1. The van der Waals surface area contributed by atoms with Crippen molar-refractivity contribution in [3.63, 3.8) is 0 Å². The first-order valence-electron chi connectivity index (χ1n) is 4.94. The van der Waals surface area contributed by atoms with Crippen LogP contribution in [0.15, 0.2) is 24.3 Å². The van der Waals surface area contributed by atoms with Crippen LogP contribution in [0, 0.1) is 6.92 Å². The average molecular weight is 229 g/mol. The molecule has 1 aromatic heterocycles. The van der Waals surface area contributed by atoms with Crippen LogP contribution in [-0.2, 0) is 0 Å². The molecule has 0 spiro atoms. The normalized spacial score (nSPS) is 10.2. The van der Waals surface area contributed by atoms with E-state index in [2.05, 4.69) is 15.0 Å². The lowest BCUT2D eigenvalue weighted by molar-refractivity contribution is 0.102. The van der Waals surface area contributed by atoms with Gasteiger partial charge in [0.05, 0.1) is 0 Å². The quantitative estimate of drug-likeness (QED) is 0.729. The average Bonchev–Trinajstić information content (AvgIpc) is 2.26. The molecule has 0 aliphatic rings. The summed E-state index contributed by atoms with van der Waals surface area (Å²) >= 11 is 0. The van der Waals surface area contributed by atoms with Crippen molar-refractivity contribution >= 4 is 17.7 Å². The molecule has 0 aliphatic heterocycles. The molecule has 0 atom stereocenters. The Morgan fingerprint density at radius 1 is 1.12 bits per heavy atom. The van der Waals surface area contributed by atoms with Gasteiger partial charge in [-0.2, -0.15) is 15.0 Å². The van der Waals surface area contributed by atoms with E-state index in [1.807, 2.05) is 13.0 Å². The highest BCUT2D eigenvalue weighted by molar-refractivity contribution is 6.06. The third-order valence-corrected chi connectivity index (χ3v) is 2.15. The van der Waals surface area contributed by atoms with Gasteiger partial charge in [0.15, 0.2) is 0 Å². The molecule has 1 heterocycles. The van der Waals surface area contributed by atoms with Crippen LogP contribution in [0.1, 0.15) is 21.7 Å². The summed E-state index contributed by atoms with van der Waals surface area (Å²) in [6, 6.07) is 7.12. The predicted octanol–water partition coefficient (Wildman–Crippen LogP) is 0.575. The molecular weight excluding hydrogens is 218 g/mol. The van der Waals surface area contributed by atoms with Gasteiger partial charge in [0.2, 0.25) is 23.5 Å². The molecule has 2 aromatic rings. The summed E-state index contributed by atoms with van der Waals surface area (Å²) in [6.45, 7) is 1.90. The number of carbonyl (C=O) groups is 1. The van der Waals surface area contributed by atoms with Crippen LogP contribution in [0.25, 0.3) is 0 Å². The fraction of sp³-hybridized carbons (Fsp3) is 0.0909. The van der Waals surface area contributed by atoms with Crippen molar-refractivity contribution in [1.82, 2.24) is 15.0 Å². The fourth-order valence-electron chi connectivity index (χ4n) is 1.43. The second-order valence-corrected chi connectivity index (χ2v) is 3.57. The molecule has 6 nitrogen and oxygen atoms in total. The Morgan fingerprint density at radius 3 is 2.35 bits per heavy atom. The van der Waals surface area contributed by atoms with E-state index < -0.39 is 0 Å². The summed E-state index contributed by atoms with van der Waals surface area (Å²) in [7, 11) is 0. The maximum Gasteiger partial charge on any atom is 0.230 e. The predicted molar refractivity (Wildman–Crippen MR) is 63.3 cm³/mol. The van der Waals surface area contributed by atoms with Crippen LogP contribution in [0.5, 0.6) is 0 Å². The number of rotatable bonds is 2. The summed E-state index contributed by atoms with van der Waals surface area (Å²) in [6.07, 6.45) is 0. The molecular formula is C11H11N5O. The first kappa shape index (κ1) is 11.0. The maximum absolute atomic E-state index is 12.0. The van der Waals surface area contributed by atoms with E-state index >= 15 is 0 Å². The number of nitrogens with zero attached hydrogens (tertiary/aromatic N) is 3. The largest absolute Gasteiger partial charge is 0.368 e. The number of aromatic nitrogens is 3. The summed E-state index contributed by atoms with van der Waals surface area (Å²) in [5.74, 6) is -0.489. The Hall–Kier alpha value is -2.50. The van der Waals surface area contributed by atoms with Crippen molar-refractivity contribution in [3.8, 4) is 0 Å². The number of nitrogen functional groups attached to an aromatic ring is 2. The van der Waals surface area contributed by atoms with Gasteiger partial charge in [-0.15, -0.1) is 0 Å². The molecule has 6 heteroatoms. The first-order chi connectivity index (χ1) is 8.06. The third-order valence-electron chi connectivity index (χ3n) is 2.15. The van der Waals surface area contributed by atoms with Gasteiger partial charge in [0.25, 0.3) is 0 Å². The Bertz CT molecular complexity index is 562. The number of hydrogen-bond acceptors (Lipinski definition) is 6. The molecule has 17 heavy (non-hydrogen) atoms. The minimum Gasteiger partial charge on any atom is -0.368 e. The molecule has 1 aromatic carbocycles. The van der Waals surface area contributed by atoms with Crippen molar-refractivity contribution in [1.29, 1.82) is 0 Å². The van der Waals surface area contributed by atoms with Crippen molar-refractivity contribution in [2.45, 2.75) is 6.92 Å². The molecule has 0 saturated carbocycles. The molecule has 0 aliphatic carbocycles. The van der Waals surface area contributed by atoms with Gasteiger partial charge in [-0.05, 0) is 13.0 Å². The van der Waals surface area contributed by atoms with Crippen LogP contribution < -0.4 is 11.5 Å². The Morgan fingerprint density at radius 2 is 1.76 bits per heavy atom. The van der Waals surface area contributed by atoms with Crippen LogP contribution in [-0.4, -0.2) is 20.7 Å². The first-order valence-corrected chi connectivity index (χ1v) is 4.94. The van der Waals surface area contributed by atoms with Crippen molar-refractivity contribution in [2.75, 3.05) is 11.5 Å². The van der Waals surface area contributed by atoms with Gasteiger partial charge in [-0.1, -0.05) is 23.8 Å². The zero-order valence-corrected chi connectivity index (χ0v) is 9.21. The smallest absolute Gasteiger partial charge is 0.230 e. The molecule has 2 rings (SSSR count). The lowest BCUT2D eigenvalue weighted by Crippen LogP contribution is -2.12. The molecule has 4 N–H and O–H groups in total. The highest BCUT2D eigenvalue weighted by Crippen LogP contribution is 2.09. The van der Waals surface area contributed by atoms with Crippen molar-refractivity contribution < 1.29 is 4.79 Å². The molecule has 0 radical (unpaired) electrons. The Balaban J connectivity index is 2.43. The number of hydrogen-bond donors (Lipinski definition) is 2. The topological polar surface area (TPSA) is 108 Å². The zero-order chi connectivity index (χ0) is 12.4. The minimum absolute atomic E-state index is 0.0411. The van der Waals surface area contributed by atoms with Gasteiger partial charge in [0, 0.05) is 5.56 Å². The van der Waals surface area contributed by atoms with Crippen molar-refractivity contribution in [2.24, 2.45) is 0 Å². The highest BCUT2D eigenvalue weighted by Gasteiger charge is 2.14. The fourth-order valence-corrected chi connectivity index (χ4v) is 1.43. The maximum atomic E-state index is 12.0. The minimum atomic E-state index is -0.325. The lowest BCUT2D eigenvalue weighted by Gasteiger charge is -2.02. The second-order valence-electron chi connectivity index (χ2n) is 3.57. The number of nitrogens with two attached hydrogens (primary N) is 2. The summed E-state index contributed by atoms with van der Waals surface area (Å²) in [4.78, 5) is 23.2. The van der Waals surface area contributed by atoms with E-state index in [-0.39, 0.29) is 23.5 Å². The Labute approximate surface area is 97.7 Å². The third kappa shape index (κ3) is 2.36. The molecule has 0 unspecified atom stereocenters. The number of ketones is 1. The van der Waals surface area contributed by atoms with Gasteiger partial charge < -0.3 is 11.5 Å². The highest BCUT2D eigenvalue weighted by atomic mass is 16.1. The molecule has 0 fully saturated rings. The number of aryl methyl sites for hydroxylation is 1. The lowest BCUT2D eigenvalue weighted by atomic mass is 10.1. The van der Waals surface area contributed by atoms with Gasteiger partial charge in [-0.25, -0.2) is 0 Å². The van der Waals surface area contributed by atoms with E-state index in [4.69, 9.17) is 11.5 Å². The van der Waals surface area contributed by atoms with Crippen LogP contribution in [0.2, 0.25) is 0 Å². The molecule has 86 valence electrons. The van der Waals surface area contributed by atoms with Crippen molar-refractivity contribution in [3.05, 3.63) is 41.2 Å². The zero-order valence-electron chi connectivity index (χ0n) is 9.21. The number of benzene rings is 1. The van der Waals surface area contributed by atoms with E-state index in [1.54, 1.807) is 18.2 Å². The Kier molecular flexibility index (Phi) is 2.70. The summed E-state index contributed by atoms with van der Waals surface area (Å²) < 4.78 is 0. The summed E-state index contributed by atoms with van der Waals surface area (Å²) in [5.41, 5.74) is 12.3. The number of carbonyl (C=O) groups excluding carboxylic acids is 1. The second kappa shape index (κ2) is 4.17. The monoisotopic (exact) mass is 229 g/mol. The number of anilines is 2. The van der Waals surface area contributed by atoms with E-state index in [0.29, 0.717) is 5.56 Å². The molecule has 0 saturated heterocycles. The summed E-state index contributed by atoms with van der Waals surface area (Å²) in [5, 5.41) is 0. The van der Waals surface area contributed by atoms with Gasteiger partial charge >= 0.3 is 0 Å². The molecule has 0 bridgehead atoms. The molecule has 0 amide bonds. The van der Waals surface area contributed by atoms with E-state index in [9.17, 15) is 4.79 Å². The standard InChI is InChI=1S/C11H11N5O/c1-6-3-2-4-7(5-6)8(17)9-14-10(12)16-11(13)15-9/h2-5H,1H3,(H4,12,13,14,15,16). The van der Waals surface area contributed by atoms with E-state index in [0.717, 1.165) is 5.56 Å². The van der Waals surface area contributed by atoms with Crippen LogP contribution in [0.4, 0.5) is 11.9 Å². The van der Waals surface area contributed by atoms with Gasteiger partial charge in [0.1, 0.15) is 0 Å².